The summed E-state index contributed by atoms with van der Waals surface area (Å²) in [4.78, 5) is 4.37. The second-order valence-corrected chi connectivity index (χ2v) is 9.32. The van der Waals surface area contributed by atoms with E-state index in [-0.39, 0.29) is 5.82 Å². The molecule has 8 heteroatoms. The first-order valence-corrected chi connectivity index (χ1v) is 11.9. The summed E-state index contributed by atoms with van der Waals surface area (Å²) in [5.74, 6) is -0.254. The standard InChI is InChI=1S/C25H29ClFN5S/c1-17-7-4-5-8-20(17)15-32-19(3)24(18(2)29-32)28-25(33)31-13-11-30(12-14-31)16-21-22(26)9-6-10-23(21)27/h4-10H,11-16H2,1-3H3,(H,28,33). The predicted molar refractivity (Wildman–Crippen MR) is 136 cm³/mol. The van der Waals surface area contributed by atoms with Crippen molar-refractivity contribution in [3.8, 4) is 0 Å². The first-order valence-electron chi connectivity index (χ1n) is 11.1. The molecule has 174 valence electrons. The molecule has 0 atom stereocenters. The van der Waals surface area contributed by atoms with Crippen molar-refractivity contribution in [2.24, 2.45) is 0 Å². The molecule has 4 rings (SSSR count). The fourth-order valence-corrected chi connectivity index (χ4v) is 4.69. The van der Waals surface area contributed by atoms with Crippen molar-refractivity contribution >= 4 is 34.6 Å². The lowest BCUT2D eigenvalue weighted by Crippen LogP contribution is -2.49. The number of anilines is 1. The van der Waals surface area contributed by atoms with E-state index in [1.807, 2.05) is 11.6 Å². The number of benzene rings is 2. The van der Waals surface area contributed by atoms with Crippen molar-refractivity contribution in [3.63, 3.8) is 0 Å². The Hall–Kier alpha value is -2.48. The summed E-state index contributed by atoms with van der Waals surface area (Å²) in [6.07, 6.45) is 0. The van der Waals surface area contributed by atoms with Gasteiger partial charge in [-0.15, -0.1) is 0 Å². The Kier molecular flexibility index (Phi) is 7.32. The van der Waals surface area contributed by atoms with Crippen LogP contribution in [0, 0.1) is 26.6 Å². The van der Waals surface area contributed by atoms with E-state index in [0.717, 1.165) is 49.8 Å². The second kappa shape index (κ2) is 10.2. The minimum atomic E-state index is -0.254. The minimum absolute atomic E-state index is 0.254. The molecular formula is C25H29ClFN5S. The number of halogens is 2. The van der Waals surface area contributed by atoms with E-state index >= 15 is 0 Å². The SMILES string of the molecule is Cc1ccccc1Cn1nc(C)c(NC(=S)N2CCN(Cc3c(F)cccc3Cl)CC2)c1C. The van der Waals surface area contributed by atoms with Crippen molar-refractivity contribution < 1.29 is 4.39 Å². The number of rotatable bonds is 5. The number of nitrogens with one attached hydrogen (secondary N) is 1. The third kappa shape index (κ3) is 5.37. The Morgan fingerprint density at radius 1 is 1.03 bits per heavy atom. The fraction of sp³-hybridized carbons (Fsp3) is 0.360. The third-order valence-electron chi connectivity index (χ3n) is 6.30. The van der Waals surface area contributed by atoms with E-state index in [4.69, 9.17) is 28.9 Å². The zero-order chi connectivity index (χ0) is 23.5. The average molecular weight is 486 g/mol. The summed E-state index contributed by atoms with van der Waals surface area (Å²) in [7, 11) is 0. The molecule has 0 spiro atoms. The van der Waals surface area contributed by atoms with E-state index in [9.17, 15) is 4.39 Å². The normalized spacial score (nSPS) is 14.5. The maximum Gasteiger partial charge on any atom is 0.173 e. The summed E-state index contributed by atoms with van der Waals surface area (Å²) >= 11 is 11.9. The largest absolute Gasteiger partial charge is 0.346 e. The lowest BCUT2D eigenvalue weighted by Gasteiger charge is -2.36. The zero-order valence-corrected chi connectivity index (χ0v) is 20.8. The van der Waals surface area contributed by atoms with Gasteiger partial charge in [0.2, 0.25) is 0 Å². The Bertz CT molecular complexity index is 1130. The van der Waals surface area contributed by atoms with Gasteiger partial charge in [-0.05, 0) is 56.2 Å². The monoisotopic (exact) mass is 485 g/mol. The van der Waals surface area contributed by atoms with Gasteiger partial charge in [-0.3, -0.25) is 9.58 Å². The van der Waals surface area contributed by atoms with Crippen molar-refractivity contribution in [1.82, 2.24) is 19.6 Å². The lowest BCUT2D eigenvalue weighted by molar-refractivity contribution is 0.175. The van der Waals surface area contributed by atoms with Crippen molar-refractivity contribution in [2.75, 3.05) is 31.5 Å². The maximum absolute atomic E-state index is 14.1. The van der Waals surface area contributed by atoms with Gasteiger partial charge in [-0.1, -0.05) is 41.9 Å². The van der Waals surface area contributed by atoms with Gasteiger partial charge in [0.15, 0.2) is 5.11 Å². The number of aryl methyl sites for hydroxylation is 2. The smallest absolute Gasteiger partial charge is 0.173 e. The van der Waals surface area contributed by atoms with E-state index in [1.54, 1.807) is 12.1 Å². The summed E-state index contributed by atoms with van der Waals surface area (Å²) < 4.78 is 16.2. The zero-order valence-electron chi connectivity index (χ0n) is 19.2. The molecule has 3 aromatic rings. The topological polar surface area (TPSA) is 36.3 Å². The summed E-state index contributed by atoms with van der Waals surface area (Å²) in [5.41, 5.74) is 6.02. The first-order chi connectivity index (χ1) is 15.8. The number of hydrogen-bond acceptors (Lipinski definition) is 3. The summed E-state index contributed by atoms with van der Waals surface area (Å²) in [5, 5.41) is 9.34. The Morgan fingerprint density at radius 3 is 2.45 bits per heavy atom. The Balaban J connectivity index is 1.36. The Morgan fingerprint density at radius 2 is 1.76 bits per heavy atom. The van der Waals surface area contributed by atoms with E-state index in [0.29, 0.717) is 22.2 Å². The molecule has 0 unspecified atom stereocenters. The predicted octanol–water partition coefficient (Wildman–Crippen LogP) is 5.16. The number of thiocarbonyl (C=S) groups is 1. The van der Waals surface area contributed by atoms with Crippen LogP contribution in [0.15, 0.2) is 42.5 Å². The van der Waals surface area contributed by atoms with Gasteiger partial charge in [0.05, 0.1) is 23.6 Å². The minimum Gasteiger partial charge on any atom is -0.346 e. The molecule has 33 heavy (non-hydrogen) atoms. The van der Waals surface area contributed by atoms with Gasteiger partial charge in [0, 0.05) is 43.3 Å². The number of nitrogens with zero attached hydrogens (tertiary/aromatic N) is 4. The van der Waals surface area contributed by atoms with E-state index in [1.165, 1.54) is 17.2 Å². The summed E-state index contributed by atoms with van der Waals surface area (Å²) in [6, 6.07) is 13.2. The van der Waals surface area contributed by atoms with Gasteiger partial charge < -0.3 is 10.2 Å². The lowest BCUT2D eigenvalue weighted by atomic mass is 10.1. The molecule has 0 radical (unpaired) electrons. The number of hydrogen-bond donors (Lipinski definition) is 1. The van der Waals surface area contributed by atoms with Crippen LogP contribution < -0.4 is 5.32 Å². The molecule has 1 fully saturated rings. The Labute approximate surface area is 205 Å². The molecule has 1 aliphatic rings. The van der Waals surface area contributed by atoms with Crippen molar-refractivity contribution in [1.29, 1.82) is 0 Å². The van der Waals surface area contributed by atoms with Crippen LogP contribution in [0.3, 0.4) is 0 Å². The van der Waals surface area contributed by atoms with Crippen molar-refractivity contribution in [3.05, 3.63) is 81.4 Å². The highest BCUT2D eigenvalue weighted by Gasteiger charge is 2.22. The molecule has 2 aromatic carbocycles. The molecule has 1 saturated heterocycles. The van der Waals surface area contributed by atoms with Gasteiger partial charge in [-0.25, -0.2) is 4.39 Å². The average Bonchev–Trinajstić information content (AvgIpc) is 3.05. The molecular weight excluding hydrogens is 457 g/mol. The summed E-state index contributed by atoms with van der Waals surface area (Å²) in [6.45, 7) is 10.5. The maximum atomic E-state index is 14.1. The van der Waals surface area contributed by atoms with Crippen LogP contribution in [0.25, 0.3) is 0 Å². The van der Waals surface area contributed by atoms with Gasteiger partial charge >= 0.3 is 0 Å². The molecule has 0 amide bonds. The second-order valence-electron chi connectivity index (χ2n) is 8.52. The van der Waals surface area contributed by atoms with Crippen LogP contribution in [0.5, 0.6) is 0 Å². The van der Waals surface area contributed by atoms with Crippen LogP contribution in [0.4, 0.5) is 10.1 Å². The molecule has 1 aromatic heterocycles. The highest BCUT2D eigenvalue weighted by Crippen LogP contribution is 2.23. The van der Waals surface area contributed by atoms with Gasteiger partial charge in [-0.2, -0.15) is 5.10 Å². The highest BCUT2D eigenvalue weighted by molar-refractivity contribution is 7.80. The molecule has 0 bridgehead atoms. The molecule has 1 aliphatic heterocycles. The van der Waals surface area contributed by atoms with Crippen LogP contribution in [-0.2, 0) is 13.1 Å². The van der Waals surface area contributed by atoms with Crippen molar-refractivity contribution in [2.45, 2.75) is 33.9 Å². The third-order valence-corrected chi connectivity index (χ3v) is 7.01. The molecule has 0 saturated carbocycles. The van der Waals surface area contributed by atoms with Crippen LogP contribution in [0.2, 0.25) is 5.02 Å². The van der Waals surface area contributed by atoms with Gasteiger partial charge in [0.25, 0.3) is 0 Å². The molecule has 0 aliphatic carbocycles. The van der Waals surface area contributed by atoms with Crippen LogP contribution in [0.1, 0.15) is 28.1 Å². The molecule has 5 nitrogen and oxygen atoms in total. The van der Waals surface area contributed by atoms with E-state index < -0.39 is 0 Å². The highest BCUT2D eigenvalue weighted by atomic mass is 35.5. The fourth-order valence-electron chi connectivity index (χ4n) is 4.18. The van der Waals surface area contributed by atoms with Crippen LogP contribution in [-0.4, -0.2) is 50.9 Å². The van der Waals surface area contributed by atoms with E-state index in [2.05, 4.69) is 53.2 Å². The molecule has 1 N–H and O–H groups in total. The van der Waals surface area contributed by atoms with Gasteiger partial charge in [0.1, 0.15) is 5.82 Å². The quantitative estimate of drug-likeness (QED) is 0.505. The molecule has 2 heterocycles. The number of aromatic nitrogens is 2. The number of piperazine rings is 1. The first kappa shape index (κ1) is 23.7. The van der Waals surface area contributed by atoms with Crippen LogP contribution >= 0.6 is 23.8 Å².